The number of hydrogen-bond donors (Lipinski definition) is 11. The highest BCUT2D eigenvalue weighted by Crippen LogP contribution is 2.16. The molecule has 0 radical (unpaired) electrons. The number of carboxylic acid groups (broad SMARTS) is 1. The molecule has 0 aliphatic heterocycles. The van der Waals surface area contributed by atoms with Gasteiger partial charge in [0.2, 0.25) is 29.5 Å². The summed E-state index contributed by atoms with van der Waals surface area (Å²) in [5.74, 6) is -4.00. The lowest BCUT2D eigenvalue weighted by Crippen LogP contribution is -2.60. The summed E-state index contributed by atoms with van der Waals surface area (Å²) >= 11 is 2.91. The van der Waals surface area contributed by atoms with Crippen LogP contribution in [0.3, 0.4) is 0 Å². The molecule has 6 atom stereocenters. The third kappa shape index (κ3) is 17.8. The van der Waals surface area contributed by atoms with Crippen molar-refractivity contribution in [1.82, 2.24) is 26.6 Å². The number of carbonyl (C=O) groups is 6. The summed E-state index contributed by atoms with van der Waals surface area (Å²) in [6.45, 7) is 0.349. The first-order chi connectivity index (χ1) is 29.6. The monoisotopic (exact) mass is 897 g/mol. The van der Waals surface area contributed by atoms with Gasteiger partial charge in [-0.15, -0.1) is 0 Å². The Morgan fingerprint density at radius 1 is 0.500 bits per heavy atom. The first kappa shape index (κ1) is 50.9. The molecule has 0 aliphatic rings. The van der Waals surface area contributed by atoms with Gasteiger partial charge in [-0.25, -0.2) is 4.79 Å². The fourth-order valence-corrected chi connectivity index (χ4v) is 7.19. The minimum Gasteiger partial charge on any atom is -0.508 e. The number of carboxylic acids is 1. The zero-order valence-corrected chi connectivity index (χ0v) is 36.5. The average molecular weight is 898 g/mol. The van der Waals surface area contributed by atoms with E-state index in [2.05, 4.69) is 26.6 Å². The van der Waals surface area contributed by atoms with E-state index >= 15 is 0 Å². The van der Waals surface area contributed by atoms with Crippen LogP contribution in [0.25, 0.3) is 0 Å². The van der Waals surface area contributed by atoms with Gasteiger partial charge in [-0.3, -0.25) is 24.0 Å². The van der Waals surface area contributed by atoms with Crippen LogP contribution >= 0.6 is 23.5 Å². The van der Waals surface area contributed by atoms with E-state index in [0.717, 1.165) is 0 Å². The minimum atomic E-state index is -1.40. The maximum absolute atomic E-state index is 14.4. The molecule has 0 fully saturated rings. The molecule has 0 unspecified atom stereocenters. The van der Waals surface area contributed by atoms with Crippen molar-refractivity contribution in [2.24, 2.45) is 11.5 Å². The van der Waals surface area contributed by atoms with Gasteiger partial charge in [-0.1, -0.05) is 36.4 Å². The SMILES string of the molecule is CSCC[C@H](NC(=O)[C@H](Cc1ccc(O)cc1)NC(=O)[C@H](Cc1ccc(O)cc1)NC(=O)[C@H](Cc1ccc(O)cc1)NC(=O)[C@H](CCCCN)NC(=O)[C@@H](N)CCSC)C(=O)O. The maximum Gasteiger partial charge on any atom is 0.326 e. The lowest BCUT2D eigenvalue weighted by Gasteiger charge is -2.27. The normalized spacial score (nSPS) is 13.9. The summed E-state index contributed by atoms with van der Waals surface area (Å²) in [6, 6.07) is 10.4. The molecular formula is C43H59N7O10S2. The molecule has 5 amide bonds. The number of thioether (sulfide) groups is 2. The van der Waals surface area contributed by atoms with Gasteiger partial charge >= 0.3 is 5.97 Å². The molecule has 62 heavy (non-hydrogen) atoms. The Labute approximate surface area is 369 Å². The lowest BCUT2D eigenvalue weighted by atomic mass is 10.00. The molecule has 3 rings (SSSR count). The zero-order chi connectivity index (χ0) is 45.6. The Balaban J connectivity index is 2.00. The van der Waals surface area contributed by atoms with E-state index in [1.807, 2.05) is 6.26 Å². The van der Waals surface area contributed by atoms with Crippen molar-refractivity contribution in [3.8, 4) is 17.2 Å². The quantitative estimate of drug-likeness (QED) is 0.0482. The molecule has 0 bridgehead atoms. The van der Waals surface area contributed by atoms with Crippen LogP contribution in [-0.2, 0) is 48.0 Å². The van der Waals surface area contributed by atoms with E-state index in [0.29, 0.717) is 54.0 Å². The number of carbonyl (C=O) groups excluding carboxylic acids is 5. The van der Waals surface area contributed by atoms with Gasteiger partial charge in [-0.05, 0) is 116 Å². The number of nitrogens with two attached hydrogens (primary N) is 2. The number of phenols is 3. The number of rotatable bonds is 27. The second-order valence-electron chi connectivity index (χ2n) is 14.7. The Hall–Kier alpha value is -5.50. The van der Waals surface area contributed by atoms with Crippen LogP contribution in [0.2, 0.25) is 0 Å². The van der Waals surface area contributed by atoms with Crippen LogP contribution in [0.15, 0.2) is 72.8 Å². The summed E-state index contributed by atoms with van der Waals surface area (Å²) in [6.07, 6.45) is 4.99. The Kier molecular flexibility index (Phi) is 21.9. The van der Waals surface area contributed by atoms with Crippen LogP contribution in [0.5, 0.6) is 17.2 Å². The summed E-state index contributed by atoms with van der Waals surface area (Å²) < 4.78 is 0. The fourth-order valence-electron chi connectivity index (χ4n) is 6.23. The number of unbranched alkanes of at least 4 members (excludes halogenated alkanes) is 1. The van der Waals surface area contributed by atoms with E-state index in [-0.39, 0.29) is 49.4 Å². The van der Waals surface area contributed by atoms with Gasteiger partial charge in [0.1, 0.15) is 47.5 Å². The molecule has 0 heterocycles. The molecule has 13 N–H and O–H groups in total. The number of benzene rings is 3. The van der Waals surface area contributed by atoms with Crippen LogP contribution in [0.1, 0.15) is 48.8 Å². The number of hydrogen-bond acceptors (Lipinski definition) is 13. The molecular weight excluding hydrogens is 839 g/mol. The van der Waals surface area contributed by atoms with Gasteiger partial charge in [0.05, 0.1) is 6.04 Å². The van der Waals surface area contributed by atoms with Crippen molar-refractivity contribution < 1.29 is 49.2 Å². The number of aliphatic carboxylic acids is 1. The molecule has 0 aromatic heterocycles. The van der Waals surface area contributed by atoms with E-state index in [1.54, 1.807) is 42.7 Å². The van der Waals surface area contributed by atoms with Crippen LogP contribution < -0.4 is 38.1 Å². The van der Waals surface area contributed by atoms with Crippen molar-refractivity contribution in [3.63, 3.8) is 0 Å². The number of aromatic hydroxyl groups is 3. The smallest absolute Gasteiger partial charge is 0.326 e. The summed E-state index contributed by atoms with van der Waals surface area (Å²) in [4.78, 5) is 81.7. The minimum absolute atomic E-state index is 0.0327. The second-order valence-corrected chi connectivity index (χ2v) is 16.7. The highest BCUT2D eigenvalue weighted by molar-refractivity contribution is 7.98. The van der Waals surface area contributed by atoms with Gasteiger partial charge in [0.25, 0.3) is 0 Å². The number of nitrogens with one attached hydrogen (secondary N) is 5. The summed E-state index contributed by atoms with van der Waals surface area (Å²) in [5, 5.41) is 53.0. The third-order valence-corrected chi connectivity index (χ3v) is 11.1. The largest absolute Gasteiger partial charge is 0.508 e. The highest BCUT2D eigenvalue weighted by Gasteiger charge is 2.33. The van der Waals surface area contributed by atoms with Crippen molar-refractivity contribution in [2.45, 2.75) is 87.6 Å². The van der Waals surface area contributed by atoms with Crippen LogP contribution in [-0.4, -0.2) is 123 Å². The highest BCUT2D eigenvalue weighted by atomic mass is 32.2. The van der Waals surface area contributed by atoms with Crippen LogP contribution in [0.4, 0.5) is 0 Å². The van der Waals surface area contributed by atoms with Crippen LogP contribution in [0, 0.1) is 0 Å². The second kappa shape index (κ2) is 26.8. The Morgan fingerprint density at radius 2 is 0.839 bits per heavy atom. The molecule has 19 heteroatoms. The fraction of sp³-hybridized carbons (Fsp3) is 0.442. The van der Waals surface area contributed by atoms with E-state index in [1.165, 1.54) is 59.9 Å². The van der Waals surface area contributed by atoms with Crippen molar-refractivity contribution in [1.29, 1.82) is 0 Å². The maximum atomic E-state index is 14.4. The lowest BCUT2D eigenvalue weighted by molar-refractivity contribution is -0.142. The number of amides is 5. The first-order valence-corrected chi connectivity index (χ1v) is 22.9. The third-order valence-electron chi connectivity index (χ3n) is 9.80. The summed E-state index contributed by atoms with van der Waals surface area (Å²) in [5.41, 5.74) is 13.4. The Morgan fingerprint density at radius 3 is 1.19 bits per heavy atom. The van der Waals surface area contributed by atoms with E-state index in [9.17, 15) is 49.2 Å². The van der Waals surface area contributed by atoms with E-state index in [4.69, 9.17) is 11.5 Å². The summed E-state index contributed by atoms with van der Waals surface area (Å²) in [7, 11) is 0. The average Bonchev–Trinajstić information content (AvgIpc) is 3.25. The molecule has 338 valence electrons. The van der Waals surface area contributed by atoms with Gasteiger partial charge in [0.15, 0.2) is 0 Å². The van der Waals surface area contributed by atoms with Gasteiger partial charge in [-0.2, -0.15) is 23.5 Å². The predicted octanol–water partition coefficient (Wildman–Crippen LogP) is 1.30. The van der Waals surface area contributed by atoms with Crippen molar-refractivity contribution in [2.75, 3.05) is 30.6 Å². The Bertz CT molecular complexity index is 1910. The van der Waals surface area contributed by atoms with E-state index < -0.39 is 71.8 Å². The molecule has 3 aromatic rings. The van der Waals surface area contributed by atoms with Gasteiger partial charge in [0, 0.05) is 19.3 Å². The number of phenolic OH excluding ortho intramolecular Hbond substituents is 3. The standard InChI is InChI=1S/C43H59N7O10S2/c1-61-21-18-32(45)38(54)46-33(5-3-4-20-44)39(55)48-36(24-27-8-14-30(52)15-9-27)41(57)50-37(25-28-10-16-31(53)17-11-28)42(58)49-35(23-26-6-12-29(51)13-7-26)40(56)47-34(43(59)60)19-22-62-2/h6-17,32-37,51-53H,3-5,18-25,44-45H2,1-2H3,(H,46,54)(H,47,56)(H,48,55)(H,49,58)(H,50,57)(H,59,60)/t32-,33-,34-,35-,36-,37-/m0/s1. The van der Waals surface area contributed by atoms with Crippen molar-refractivity contribution >= 4 is 59.0 Å². The zero-order valence-electron chi connectivity index (χ0n) is 34.9. The first-order valence-electron chi connectivity index (χ1n) is 20.2. The van der Waals surface area contributed by atoms with Crippen molar-refractivity contribution in [3.05, 3.63) is 89.5 Å². The predicted molar refractivity (Wildman–Crippen MR) is 240 cm³/mol. The molecule has 0 spiro atoms. The molecule has 0 saturated carbocycles. The molecule has 0 aliphatic carbocycles. The topological polar surface area (TPSA) is 296 Å². The van der Waals surface area contributed by atoms with Gasteiger partial charge < -0.3 is 58.5 Å². The molecule has 3 aromatic carbocycles. The molecule has 0 saturated heterocycles. The molecule has 17 nitrogen and oxygen atoms in total.